The molecule has 0 radical (unpaired) electrons. The molecule has 1 aromatic carbocycles. The number of aliphatic carboxylic acids is 2. The minimum atomic E-state index is -1.07. The van der Waals surface area contributed by atoms with Crippen molar-refractivity contribution in [2.24, 2.45) is 0 Å². The molecule has 162 valence electrons. The number of carboxylic acid groups (broad SMARTS) is 2. The van der Waals surface area contributed by atoms with Gasteiger partial charge in [0.15, 0.2) is 0 Å². The van der Waals surface area contributed by atoms with Crippen LogP contribution in [0.2, 0.25) is 0 Å². The van der Waals surface area contributed by atoms with Crippen molar-refractivity contribution in [1.29, 1.82) is 0 Å². The fraction of sp³-hybridized carbons (Fsp3) is 0.292. The van der Waals surface area contributed by atoms with E-state index in [9.17, 15) is 14.4 Å². The summed E-state index contributed by atoms with van der Waals surface area (Å²) in [5.74, 6) is -2.49. The van der Waals surface area contributed by atoms with E-state index in [0.29, 0.717) is 18.6 Å². The van der Waals surface area contributed by atoms with Crippen LogP contribution in [0, 0.1) is 0 Å². The van der Waals surface area contributed by atoms with Gasteiger partial charge in [-0.15, -0.1) is 0 Å². The largest absolute Gasteiger partial charge is 0.478 e. The molecule has 30 heavy (non-hydrogen) atoms. The van der Waals surface area contributed by atoms with E-state index in [1.54, 1.807) is 12.2 Å². The molecule has 0 aliphatic rings. The van der Waals surface area contributed by atoms with E-state index in [1.807, 2.05) is 50.3 Å². The Morgan fingerprint density at radius 3 is 2.20 bits per heavy atom. The molecule has 0 atom stereocenters. The molecule has 0 amide bonds. The summed E-state index contributed by atoms with van der Waals surface area (Å²) >= 11 is 0. The second kappa shape index (κ2) is 15.5. The predicted molar refractivity (Wildman–Crippen MR) is 118 cm³/mol. The first-order chi connectivity index (χ1) is 14.2. The summed E-state index contributed by atoms with van der Waals surface area (Å²) in [5.41, 5.74) is 1.61. The first-order valence-electron chi connectivity index (χ1n) is 9.66. The van der Waals surface area contributed by atoms with Gasteiger partial charge in [0, 0.05) is 11.1 Å². The van der Waals surface area contributed by atoms with Gasteiger partial charge < -0.3 is 14.9 Å². The molecular weight excluding hydrogens is 384 g/mol. The van der Waals surface area contributed by atoms with Crippen LogP contribution in [-0.2, 0) is 19.1 Å². The Morgan fingerprint density at radius 2 is 1.70 bits per heavy atom. The average molecular weight is 414 g/mol. The van der Waals surface area contributed by atoms with Crippen LogP contribution in [0.4, 0.5) is 0 Å². The van der Waals surface area contributed by atoms with Gasteiger partial charge in [0.25, 0.3) is 0 Å². The quantitative estimate of drug-likeness (QED) is 0.241. The highest BCUT2D eigenvalue weighted by Crippen LogP contribution is 2.05. The molecule has 0 bridgehead atoms. The molecule has 0 heterocycles. The van der Waals surface area contributed by atoms with Gasteiger partial charge in [-0.05, 0) is 31.4 Å². The highest BCUT2D eigenvalue weighted by molar-refractivity contribution is 5.94. The summed E-state index contributed by atoms with van der Waals surface area (Å²) in [6, 6.07) is 9.78. The molecular formula is C24H30O6. The molecule has 1 rings (SSSR count). The van der Waals surface area contributed by atoms with Gasteiger partial charge in [-0.2, -0.15) is 0 Å². The number of unbranched alkanes of at least 4 members (excludes halogenated alkanes) is 1. The number of hydrogen-bond acceptors (Lipinski definition) is 4. The van der Waals surface area contributed by atoms with Crippen LogP contribution in [0.15, 0.2) is 71.9 Å². The third-order valence-electron chi connectivity index (χ3n) is 3.76. The zero-order valence-corrected chi connectivity index (χ0v) is 17.8. The third-order valence-corrected chi connectivity index (χ3v) is 3.76. The van der Waals surface area contributed by atoms with Gasteiger partial charge in [-0.1, -0.05) is 75.4 Å². The van der Waals surface area contributed by atoms with E-state index in [4.69, 9.17) is 14.9 Å². The van der Waals surface area contributed by atoms with Crippen molar-refractivity contribution >= 4 is 24.0 Å². The number of ether oxygens (including phenoxy) is 1. The first kappa shape index (κ1) is 26.6. The topological polar surface area (TPSA) is 101 Å². The molecule has 0 spiro atoms. The Labute approximate surface area is 177 Å². The van der Waals surface area contributed by atoms with Gasteiger partial charge in [-0.25, -0.2) is 14.4 Å². The fourth-order valence-electron chi connectivity index (χ4n) is 1.96. The molecule has 2 N–H and O–H groups in total. The molecule has 0 aliphatic carbocycles. The maximum atomic E-state index is 11.2. The lowest BCUT2D eigenvalue weighted by Crippen LogP contribution is -2.08. The summed E-state index contributed by atoms with van der Waals surface area (Å²) in [6.45, 7) is 8.99. The smallest absolute Gasteiger partial charge is 0.337 e. The van der Waals surface area contributed by atoms with E-state index in [-0.39, 0.29) is 11.1 Å². The molecule has 1 aromatic rings. The van der Waals surface area contributed by atoms with E-state index in [0.717, 1.165) is 18.4 Å². The zero-order chi connectivity index (χ0) is 22.9. The Bertz CT molecular complexity index is 800. The van der Waals surface area contributed by atoms with Gasteiger partial charge >= 0.3 is 17.9 Å². The number of carboxylic acids is 2. The second-order valence-electron chi connectivity index (χ2n) is 6.27. The summed E-state index contributed by atoms with van der Waals surface area (Å²) in [4.78, 5) is 32.3. The number of carbonyl (C=O) groups is 3. The van der Waals surface area contributed by atoms with Crippen molar-refractivity contribution in [3.05, 3.63) is 77.4 Å². The van der Waals surface area contributed by atoms with Crippen molar-refractivity contribution in [3.63, 3.8) is 0 Å². The van der Waals surface area contributed by atoms with Gasteiger partial charge in [0.2, 0.25) is 0 Å². The minimum Gasteiger partial charge on any atom is -0.478 e. The molecule has 0 aromatic heterocycles. The summed E-state index contributed by atoms with van der Waals surface area (Å²) < 4.78 is 4.85. The van der Waals surface area contributed by atoms with Gasteiger partial charge in [-0.3, -0.25) is 0 Å². The number of carbonyl (C=O) groups excluding carboxylic acids is 1. The van der Waals surface area contributed by atoms with Gasteiger partial charge in [0.05, 0.1) is 12.2 Å². The Kier molecular flexibility index (Phi) is 13.7. The van der Waals surface area contributed by atoms with E-state index in [1.165, 1.54) is 13.0 Å². The molecule has 0 fully saturated rings. The van der Waals surface area contributed by atoms with Gasteiger partial charge in [0.1, 0.15) is 0 Å². The number of hydrogen-bond donors (Lipinski definition) is 2. The van der Waals surface area contributed by atoms with Crippen molar-refractivity contribution in [3.8, 4) is 0 Å². The third kappa shape index (κ3) is 12.1. The summed E-state index contributed by atoms with van der Waals surface area (Å²) in [7, 11) is 0. The molecule has 0 saturated carbocycles. The second-order valence-corrected chi connectivity index (χ2v) is 6.27. The van der Waals surface area contributed by atoms with Crippen molar-refractivity contribution in [2.75, 3.05) is 6.61 Å². The van der Waals surface area contributed by atoms with E-state index < -0.39 is 17.9 Å². The molecule has 0 unspecified atom stereocenters. The first-order valence-corrected chi connectivity index (χ1v) is 9.66. The Morgan fingerprint density at radius 1 is 1.07 bits per heavy atom. The van der Waals surface area contributed by atoms with Crippen LogP contribution >= 0.6 is 0 Å². The van der Waals surface area contributed by atoms with Crippen LogP contribution in [0.5, 0.6) is 0 Å². The average Bonchev–Trinajstić information content (AvgIpc) is 2.72. The number of allylic oxidation sites excluding steroid dienone is 2. The molecule has 6 heteroatoms. The van der Waals surface area contributed by atoms with E-state index in [2.05, 4.69) is 6.58 Å². The molecule has 6 nitrogen and oxygen atoms in total. The molecule has 0 aliphatic heterocycles. The SMILES string of the molecule is C=C(C=C(C)C(=O)O)C(=O)OCCCC.CCC(=CC=Cc1ccccc1)C(=O)O. The Balaban J connectivity index is 0.000000561. The van der Waals surface area contributed by atoms with Crippen molar-refractivity contribution in [2.45, 2.75) is 40.0 Å². The maximum Gasteiger partial charge on any atom is 0.337 e. The fourth-order valence-corrected chi connectivity index (χ4v) is 1.96. The standard InChI is InChI=1S/C13H14O2.C11H16O4/c1-2-12(13(14)15)10-6-9-11-7-4-3-5-8-11;1-4-5-6-15-11(14)9(3)7-8(2)10(12)13/h3-10H,2H2,1H3,(H,14,15);7H,3-6H2,1-2H3,(H,12,13). The normalized spacial score (nSPS) is 11.4. The van der Waals surface area contributed by atoms with Crippen LogP contribution in [-0.4, -0.2) is 34.7 Å². The Hall–Kier alpha value is -3.41. The lowest BCUT2D eigenvalue weighted by Gasteiger charge is -2.03. The maximum absolute atomic E-state index is 11.2. The van der Waals surface area contributed by atoms with Crippen molar-refractivity contribution in [1.82, 2.24) is 0 Å². The predicted octanol–water partition coefficient (Wildman–Crippen LogP) is 5.04. The van der Waals surface area contributed by atoms with Crippen LogP contribution in [0.3, 0.4) is 0 Å². The van der Waals surface area contributed by atoms with Crippen LogP contribution in [0.1, 0.15) is 45.6 Å². The highest BCUT2D eigenvalue weighted by atomic mass is 16.5. The number of rotatable bonds is 10. The van der Waals surface area contributed by atoms with Crippen LogP contribution in [0.25, 0.3) is 6.08 Å². The van der Waals surface area contributed by atoms with E-state index >= 15 is 0 Å². The van der Waals surface area contributed by atoms with Crippen LogP contribution < -0.4 is 0 Å². The number of esters is 1. The zero-order valence-electron chi connectivity index (χ0n) is 17.8. The lowest BCUT2D eigenvalue weighted by molar-refractivity contribution is -0.138. The lowest BCUT2D eigenvalue weighted by atomic mass is 10.1. The summed E-state index contributed by atoms with van der Waals surface area (Å²) in [6.07, 6.45) is 8.76. The monoisotopic (exact) mass is 414 g/mol. The summed E-state index contributed by atoms with van der Waals surface area (Å²) in [5, 5.41) is 17.3. The number of benzene rings is 1. The highest BCUT2D eigenvalue weighted by Gasteiger charge is 2.08. The molecule has 0 saturated heterocycles. The van der Waals surface area contributed by atoms with Crippen molar-refractivity contribution < 1.29 is 29.3 Å². The minimum absolute atomic E-state index is 0.0611.